The van der Waals surface area contributed by atoms with Crippen molar-refractivity contribution in [1.82, 2.24) is 4.98 Å². The highest BCUT2D eigenvalue weighted by Gasteiger charge is 2.08. The number of carbonyl (C=O) groups excluding carboxylic acids is 1. The van der Waals surface area contributed by atoms with Crippen molar-refractivity contribution in [2.75, 3.05) is 11.1 Å². The van der Waals surface area contributed by atoms with Crippen LogP contribution in [0.25, 0.3) is 0 Å². The van der Waals surface area contributed by atoms with Crippen LogP contribution >= 0.6 is 0 Å². The molecule has 0 saturated carbocycles. The zero-order valence-electron chi connectivity index (χ0n) is 11.1. The van der Waals surface area contributed by atoms with Crippen LogP contribution in [0.2, 0.25) is 0 Å². The lowest BCUT2D eigenvalue weighted by atomic mass is 10.0. The topological polar surface area (TPSA) is 68.0 Å². The summed E-state index contributed by atoms with van der Waals surface area (Å²) in [4.78, 5) is 15.9. The minimum absolute atomic E-state index is 0.260. The van der Waals surface area contributed by atoms with Crippen LogP contribution in [-0.2, 0) is 0 Å². The third-order valence-electron chi connectivity index (χ3n) is 2.85. The van der Waals surface area contributed by atoms with Gasteiger partial charge in [0.05, 0.1) is 0 Å². The number of nitrogen functional groups attached to an aromatic ring is 1. The van der Waals surface area contributed by atoms with Gasteiger partial charge in [0, 0.05) is 17.6 Å². The SMILES string of the molecule is CC(C)c1ccc(NC(=O)c2cc(N)ccn2)cc1. The minimum atomic E-state index is -0.260. The Kier molecular flexibility index (Phi) is 3.80. The van der Waals surface area contributed by atoms with E-state index in [0.29, 0.717) is 17.3 Å². The Bertz CT molecular complexity index is 576. The van der Waals surface area contributed by atoms with E-state index in [-0.39, 0.29) is 5.91 Å². The molecule has 0 radical (unpaired) electrons. The van der Waals surface area contributed by atoms with Crippen LogP contribution < -0.4 is 11.1 Å². The third-order valence-corrected chi connectivity index (χ3v) is 2.85. The average molecular weight is 255 g/mol. The second kappa shape index (κ2) is 5.52. The van der Waals surface area contributed by atoms with Crippen molar-refractivity contribution in [3.8, 4) is 0 Å². The summed E-state index contributed by atoms with van der Waals surface area (Å²) < 4.78 is 0. The van der Waals surface area contributed by atoms with E-state index in [2.05, 4.69) is 24.1 Å². The zero-order chi connectivity index (χ0) is 13.8. The second-order valence-corrected chi connectivity index (χ2v) is 4.71. The lowest BCUT2D eigenvalue weighted by molar-refractivity contribution is 0.102. The van der Waals surface area contributed by atoms with Gasteiger partial charge in [-0.25, -0.2) is 0 Å². The molecule has 0 saturated heterocycles. The first kappa shape index (κ1) is 13.1. The van der Waals surface area contributed by atoms with Crippen molar-refractivity contribution in [2.45, 2.75) is 19.8 Å². The average Bonchev–Trinajstić information content (AvgIpc) is 2.39. The van der Waals surface area contributed by atoms with Crippen LogP contribution in [0.4, 0.5) is 11.4 Å². The maximum absolute atomic E-state index is 12.0. The van der Waals surface area contributed by atoms with Crippen molar-refractivity contribution < 1.29 is 4.79 Å². The van der Waals surface area contributed by atoms with Crippen LogP contribution in [0.15, 0.2) is 42.6 Å². The number of rotatable bonds is 3. The highest BCUT2D eigenvalue weighted by atomic mass is 16.1. The Morgan fingerprint density at radius 2 is 1.89 bits per heavy atom. The standard InChI is InChI=1S/C15H17N3O/c1-10(2)11-3-5-13(6-4-11)18-15(19)14-9-12(16)7-8-17-14/h3-10H,1-2H3,(H2,16,17)(H,18,19). The van der Waals surface area contributed by atoms with E-state index in [1.165, 1.54) is 11.8 Å². The molecule has 0 atom stereocenters. The van der Waals surface area contributed by atoms with Crippen molar-refractivity contribution in [1.29, 1.82) is 0 Å². The molecule has 0 bridgehead atoms. The third kappa shape index (κ3) is 3.31. The number of nitrogens with two attached hydrogens (primary N) is 1. The summed E-state index contributed by atoms with van der Waals surface area (Å²) in [5.74, 6) is 0.213. The van der Waals surface area contributed by atoms with Crippen LogP contribution in [0.1, 0.15) is 35.8 Å². The second-order valence-electron chi connectivity index (χ2n) is 4.71. The van der Waals surface area contributed by atoms with Crippen LogP contribution in [0, 0.1) is 0 Å². The normalized spacial score (nSPS) is 10.5. The molecule has 1 heterocycles. The van der Waals surface area contributed by atoms with Crippen LogP contribution in [0.5, 0.6) is 0 Å². The Morgan fingerprint density at radius 1 is 1.21 bits per heavy atom. The molecule has 98 valence electrons. The molecule has 1 aromatic heterocycles. The summed E-state index contributed by atoms with van der Waals surface area (Å²) in [5.41, 5.74) is 8.44. The Balaban J connectivity index is 2.10. The van der Waals surface area contributed by atoms with E-state index in [4.69, 9.17) is 5.73 Å². The molecule has 19 heavy (non-hydrogen) atoms. The van der Waals surface area contributed by atoms with Gasteiger partial charge in [-0.3, -0.25) is 9.78 Å². The van der Waals surface area contributed by atoms with Gasteiger partial charge in [-0.15, -0.1) is 0 Å². The lowest BCUT2D eigenvalue weighted by Crippen LogP contribution is -2.13. The van der Waals surface area contributed by atoms with Gasteiger partial charge in [-0.05, 0) is 35.7 Å². The predicted octanol–water partition coefficient (Wildman–Crippen LogP) is 3.04. The smallest absolute Gasteiger partial charge is 0.274 e. The number of benzene rings is 1. The van der Waals surface area contributed by atoms with E-state index in [1.54, 1.807) is 12.1 Å². The molecular formula is C15H17N3O. The molecule has 4 heteroatoms. The quantitative estimate of drug-likeness (QED) is 0.885. The maximum Gasteiger partial charge on any atom is 0.274 e. The highest BCUT2D eigenvalue weighted by molar-refractivity contribution is 6.03. The Hall–Kier alpha value is -2.36. The fourth-order valence-corrected chi connectivity index (χ4v) is 1.72. The minimum Gasteiger partial charge on any atom is -0.399 e. The van der Waals surface area contributed by atoms with E-state index in [0.717, 1.165) is 5.69 Å². The first-order valence-electron chi connectivity index (χ1n) is 6.19. The van der Waals surface area contributed by atoms with Gasteiger partial charge in [0.25, 0.3) is 5.91 Å². The van der Waals surface area contributed by atoms with Gasteiger partial charge in [0.15, 0.2) is 0 Å². The molecule has 0 aliphatic rings. The fraction of sp³-hybridized carbons (Fsp3) is 0.200. The molecule has 1 aromatic carbocycles. The largest absolute Gasteiger partial charge is 0.399 e. The van der Waals surface area contributed by atoms with Gasteiger partial charge in [0.1, 0.15) is 5.69 Å². The molecule has 2 rings (SSSR count). The van der Waals surface area contributed by atoms with Gasteiger partial charge in [0.2, 0.25) is 0 Å². The molecule has 0 aliphatic heterocycles. The fourth-order valence-electron chi connectivity index (χ4n) is 1.72. The monoisotopic (exact) mass is 255 g/mol. The number of amides is 1. The first-order chi connectivity index (χ1) is 9.06. The lowest BCUT2D eigenvalue weighted by Gasteiger charge is -2.08. The van der Waals surface area contributed by atoms with Gasteiger partial charge in [-0.2, -0.15) is 0 Å². The van der Waals surface area contributed by atoms with Crippen molar-refractivity contribution in [2.24, 2.45) is 0 Å². The van der Waals surface area contributed by atoms with Crippen LogP contribution in [0.3, 0.4) is 0 Å². The van der Waals surface area contributed by atoms with Crippen molar-refractivity contribution in [3.05, 3.63) is 53.9 Å². The highest BCUT2D eigenvalue weighted by Crippen LogP contribution is 2.17. The molecule has 1 amide bonds. The molecule has 0 spiro atoms. The van der Waals surface area contributed by atoms with Crippen molar-refractivity contribution in [3.63, 3.8) is 0 Å². The van der Waals surface area contributed by atoms with Crippen molar-refractivity contribution >= 4 is 17.3 Å². The van der Waals surface area contributed by atoms with Gasteiger partial charge < -0.3 is 11.1 Å². The van der Waals surface area contributed by atoms with Crippen LogP contribution in [-0.4, -0.2) is 10.9 Å². The molecule has 0 fully saturated rings. The van der Waals surface area contributed by atoms with Gasteiger partial charge in [-0.1, -0.05) is 26.0 Å². The summed E-state index contributed by atoms with van der Waals surface area (Å²) in [7, 11) is 0. The Morgan fingerprint density at radius 3 is 2.47 bits per heavy atom. The number of anilines is 2. The number of hydrogen-bond acceptors (Lipinski definition) is 3. The van der Waals surface area contributed by atoms with E-state index < -0.39 is 0 Å². The summed E-state index contributed by atoms with van der Waals surface area (Å²) in [6, 6.07) is 11.0. The molecule has 0 aliphatic carbocycles. The number of aromatic nitrogens is 1. The Labute approximate surface area is 112 Å². The summed E-state index contributed by atoms with van der Waals surface area (Å²) in [6.07, 6.45) is 1.52. The number of nitrogens with zero attached hydrogens (tertiary/aromatic N) is 1. The summed E-state index contributed by atoms with van der Waals surface area (Å²) >= 11 is 0. The van der Waals surface area contributed by atoms with E-state index in [9.17, 15) is 4.79 Å². The molecule has 0 unspecified atom stereocenters. The number of carbonyl (C=O) groups is 1. The molecular weight excluding hydrogens is 238 g/mol. The van der Waals surface area contributed by atoms with E-state index in [1.807, 2.05) is 24.3 Å². The van der Waals surface area contributed by atoms with E-state index >= 15 is 0 Å². The molecule has 3 N–H and O–H groups in total. The maximum atomic E-state index is 12.0. The number of nitrogens with one attached hydrogen (secondary N) is 1. The number of pyridine rings is 1. The first-order valence-corrected chi connectivity index (χ1v) is 6.19. The number of hydrogen-bond donors (Lipinski definition) is 2. The van der Waals surface area contributed by atoms with Gasteiger partial charge >= 0.3 is 0 Å². The molecule has 4 nitrogen and oxygen atoms in total. The predicted molar refractivity (Wildman–Crippen MR) is 77.1 cm³/mol. The zero-order valence-corrected chi connectivity index (χ0v) is 11.1. The summed E-state index contributed by atoms with van der Waals surface area (Å²) in [6.45, 7) is 4.26. The molecule has 2 aromatic rings. The summed E-state index contributed by atoms with van der Waals surface area (Å²) in [5, 5.41) is 2.79.